The average Bonchev–Trinajstić information content (AvgIpc) is 2.73. The van der Waals surface area contributed by atoms with Gasteiger partial charge in [-0.15, -0.1) is 5.10 Å². The molecule has 0 unspecified atom stereocenters. The lowest BCUT2D eigenvalue weighted by Crippen LogP contribution is -2.48. The van der Waals surface area contributed by atoms with Gasteiger partial charge in [0, 0.05) is 39.8 Å². The van der Waals surface area contributed by atoms with Gasteiger partial charge in [0.1, 0.15) is 4.88 Å². The molecule has 0 radical (unpaired) electrons. The van der Waals surface area contributed by atoms with Crippen LogP contribution in [0.1, 0.15) is 28.2 Å². The predicted molar refractivity (Wildman–Crippen MR) is 86.4 cm³/mol. The van der Waals surface area contributed by atoms with E-state index in [1.807, 2.05) is 4.90 Å². The van der Waals surface area contributed by atoms with Crippen LogP contribution in [0.5, 0.6) is 0 Å². The van der Waals surface area contributed by atoms with E-state index in [2.05, 4.69) is 9.59 Å². The van der Waals surface area contributed by atoms with Gasteiger partial charge < -0.3 is 4.90 Å². The topological polar surface area (TPSA) is 86.7 Å². The molecule has 128 valence electrons. The van der Waals surface area contributed by atoms with Crippen LogP contribution >= 0.6 is 11.5 Å². The largest absolute Gasteiger partial charge is 0.333 e. The van der Waals surface area contributed by atoms with Crippen molar-refractivity contribution in [2.24, 2.45) is 5.92 Å². The molecule has 1 amide bonds. The minimum Gasteiger partial charge on any atom is -0.333 e. The number of carbonyl (C=O) groups excluding carboxylic acids is 1. The zero-order valence-corrected chi connectivity index (χ0v) is 15.1. The number of nitrogens with zero attached hydrogens (tertiary/aromatic N) is 5. The van der Waals surface area contributed by atoms with Crippen LogP contribution in [-0.4, -0.2) is 77.2 Å². The van der Waals surface area contributed by atoms with Crippen molar-refractivity contribution >= 4 is 27.6 Å². The van der Waals surface area contributed by atoms with Gasteiger partial charge in [0.25, 0.3) is 16.1 Å². The third-order valence-electron chi connectivity index (χ3n) is 4.57. The molecule has 4 rings (SSSR count). The van der Waals surface area contributed by atoms with Gasteiger partial charge in [-0.2, -0.15) is 17.0 Å². The molecule has 3 aliphatic heterocycles. The van der Waals surface area contributed by atoms with Crippen molar-refractivity contribution < 1.29 is 13.2 Å². The minimum atomic E-state index is -3.45. The second-order valence-electron chi connectivity index (χ2n) is 6.35. The first-order chi connectivity index (χ1) is 10.8. The van der Waals surface area contributed by atoms with Crippen molar-refractivity contribution in [2.45, 2.75) is 25.8 Å². The van der Waals surface area contributed by atoms with E-state index < -0.39 is 10.2 Å². The number of aryl methyl sites for hydroxylation is 1. The summed E-state index contributed by atoms with van der Waals surface area (Å²) in [6.45, 7) is 3.20. The first-order valence-corrected chi connectivity index (χ1v) is 9.75. The Morgan fingerprint density at radius 2 is 2.00 bits per heavy atom. The fourth-order valence-corrected chi connectivity index (χ4v) is 5.10. The number of piperidine rings is 1. The number of fused-ring (bicyclic) bond motifs is 4. The summed E-state index contributed by atoms with van der Waals surface area (Å²) in [7, 11) is -0.375. The number of carbonyl (C=O) groups is 1. The molecule has 3 fully saturated rings. The molecule has 3 aliphatic rings. The van der Waals surface area contributed by atoms with Crippen molar-refractivity contribution in [1.29, 1.82) is 0 Å². The fourth-order valence-electron chi connectivity index (χ4n) is 3.27. The van der Waals surface area contributed by atoms with E-state index in [4.69, 9.17) is 0 Å². The lowest BCUT2D eigenvalue weighted by molar-refractivity contribution is 0.0592. The highest BCUT2D eigenvalue weighted by Crippen LogP contribution is 2.31. The third-order valence-corrected chi connectivity index (χ3v) is 7.26. The van der Waals surface area contributed by atoms with Gasteiger partial charge in [0.05, 0.1) is 5.69 Å². The number of rotatable bonds is 3. The van der Waals surface area contributed by atoms with Gasteiger partial charge in [-0.1, -0.05) is 4.49 Å². The minimum absolute atomic E-state index is 0.0729. The quantitative estimate of drug-likeness (QED) is 0.769. The molecule has 2 atom stereocenters. The van der Waals surface area contributed by atoms with Gasteiger partial charge in [-0.25, -0.2) is 0 Å². The monoisotopic (exact) mass is 359 g/mol. The smallest absolute Gasteiger partial charge is 0.281 e. The lowest BCUT2D eigenvalue weighted by Gasteiger charge is -2.35. The van der Waals surface area contributed by atoms with Gasteiger partial charge in [0.15, 0.2) is 0 Å². The van der Waals surface area contributed by atoms with E-state index in [1.165, 1.54) is 22.7 Å². The van der Waals surface area contributed by atoms with Gasteiger partial charge >= 0.3 is 0 Å². The molecule has 0 spiro atoms. The Labute approximate surface area is 140 Å². The van der Waals surface area contributed by atoms with Crippen LogP contribution in [0.25, 0.3) is 0 Å². The van der Waals surface area contributed by atoms with Crippen molar-refractivity contribution in [3.63, 3.8) is 0 Å². The van der Waals surface area contributed by atoms with E-state index in [0.29, 0.717) is 30.2 Å². The molecular weight excluding hydrogens is 338 g/mol. The zero-order chi connectivity index (χ0) is 16.8. The summed E-state index contributed by atoms with van der Waals surface area (Å²) in [6.07, 6.45) is 1.79. The number of amides is 1. The molecule has 1 aromatic rings. The molecule has 2 bridgehead atoms. The number of hydrogen-bond donors (Lipinski definition) is 0. The van der Waals surface area contributed by atoms with Crippen LogP contribution in [0, 0.1) is 12.8 Å². The Kier molecular flexibility index (Phi) is 4.43. The molecule has 10 heteroatoms. The van der Waals surface area contributed by atoms with E-state index in [1.54, 1.807) is 6.92 Å². The van der Waals surface area contributed by atoms with Crippen LogP contribution in [0.15, 0.2) is 0 Å². The SMILES string of the molecule is Cc1nnsc1C(=O)N1C[C@H]2CC[C@@H]1CN(S(=O)(=O)N(C)C)C2. The van der Waals surface area contributed by atoms with Gasteiger partial charge in [0.2, 0.25) is 0 Å². The first kappa shape index (κ1) is 16.7. The Morgan fingerprint density at radius 1 is 1.26 bits per heavy atom. The second-order valence-corrected chi connectivity index (χ2v) is 9.25. The van der Waals surface area contributed by atoms with Crippen molar-refractivity contribution in [2.75, 3.05) is 33.7 Å². The molecule has 0 aliphatic carbocycles. The third kappa shape index (κ3) is 3.00. The summed E-state index contributed by atoms with van der Waals surface area (Å²) < 4.78 is 31.5. The Hall–Kier alpha value is -1.10. The highest BCUT2D eigenvalue weighted by atomic mass is 32.2. The van der Waals surface area contributed by atoms with Crippen LogP contribution < -0.4 is 0 Å². The highest BCUT2D eigenvalue weighted by molar-refractivity contribution is 7.86. The van der Waals surface area contributed by atoms with E-state index in [0.717, 1.165) is 24.4 Å². The molecular formula is C13H21N5O3S2. The molecule has 0 aromatic carbocycles. The normalized spacial score (nSPS) is 25.8. The summed E-state index contributed by atoms with van der Waals surface area (Å²) in [6, 6.07) is -0.0857. The van der Waals surface area contributed by atoms with Crippen molar-refractivity contribution in [3.8, 4) is 0 Å². The number of aromatic nitrogens is 2. The van der Waals surface area contributed by atoms with Crippen LogP contribution in [0.3, 0.4) is 0 Å². The highest BCUT2D eigenvalue weighted by Gasteiger charge is 2.42. The predicted octanol–water partition coefficient (Wildman–Crippen LogP) is 0.189. The zero-order valence-electron chi connectivity index (χ0n) is 13.5. The van der Waals surface area contributed by atoms with Crippen molar-refractivity contribution in [3.05, 3.63) is 10.6 Å². The Morgan fingerprint density at radius 3 is 2.61 bits per heavy atom. The molecule has 0 saturated carbocycles. The molecule has 1 aromatic heterocycles. The number of hydrogen-bond acceptors (Lipinski definition) is 6. The molecule has 23 heavy (non-hydrogen) atoms. The van der Waals surface area contributed by atoms with Crippen LogP contribution in [0.2, 0.25) is 0 Å². The average molecular weight is 359 g/mol. The van der Waals surface area contributed by atoms with Gasteiger partial charge in [-0.3, -0.25) is 4.79 Å². The summed E-state index contributed by atoms with van der Waals surface area (Å²) in [5.74, 6) is 0.102. The molecule has 0 N–H and O–H groups in total. The fraction of sp³-hybridized carbons (Fsp3) is 0.769. The van der Waals surface area contributed by atoms with Gasteiger partial charge in [-0.05, 0) is 37.2 Å². The maximum Gasteiger partial charge on any atom is 0.281 e. The lowest BCUT2D eigenvalue weighted by atomic mass is 9.95. The van der Waals surface area contributed by atoms with E-state index in [-0.39, 0.29) is 17.9 Å². The summed E-state index contributed by atoms with van der Waals surface area (Å²) in [5.41, 5.74) is 0.637. The maximum absolute atomic E-state index is 12.8. The summed E-state index contributed by atoms with van der Waals surface area (Å²) in [5, 5.41) is 3.90. The summed E-state index contributed by atoms with van der Waals surface area (Å²) >= 11 is 1.10. The summed E-state index contributed by atoms with van der Waals surface area (Å²) in [4.78, 5) is 15.2. The molecule has 3 saturated heterocycles. The van der Waals surface area contributed by atoms with Crippen LogP contribution in [0.4, 0.5) is 0 Å². The molecule has 4 heterocycles. The van der Waals surface area contributed by atoms with Crippen molar-refractivity contribution in [1.82, 2.24) is 23.1 Å². The Balaban J connectivity index is 1.85. The molecule has 8 nitrogen and oxygen atoms in total. The van der Waals surface area contributed by atoms with E-state index >= 15 is 0 Å². The van der Waals surface area contributed by atoms with Crippen LogP contribution in [-0.2, 0) is 10.2 Å². The standard InChI is InChI=1S/C13H21N5O3S2/c1-9-12(22-15-14-9)13(19)18-7-10-4-5-11(18)8-17(6-10)23(20,21)16(2)3/h10-11H,4-8H2,1-3H3/t10-,11+/m0/s1. The Bertz CT molecular complexity index is 702. The second kappa shape index (κ2) is 6.08. The maximum atomic E-state index is 12.8. The van der Waals surface area contributed by atoms with E-state index in [9.17, 15) is 13.2 Å². The first-order valence-electron chi connectivity index (χ1n) is 7.58.